The average molecular weight is 283 g/mol. The minimum absolute atomic E-state index is 0.755. The first-order chi connectivity index (χ1) is 10.3. The Morgan fingerprint density at radius 1 is 0.952 bits per heavy atom. The maximum Gasteiger partial charge on any atom is 0.161 e. The van der Waals surface area contributed by atoms with E-state index in [1.807, 2.05) is 36.4 Å². The predicted octanol–water partition coefficient (Wildman–Crippen LogP) is 3.51. The highest BCUT2D eigenvalue weighted by Gasteiger charge is 2.03. The van der Waals surface area contributed by atoms with Gasteiger partial charge in [-0.1, -0.05) is 48.6 Å². The van der Waals surface area contributed by atoms with Gasteiger partial charge < -0.3 is 14.8 Å². The van der Waals surface area contributed by atoms with E-state index in [9.17, 15) is 0 Å². The van der Waals surface area contributed by atoms with Crippen molar-refractivity contribution in [3.05, 3.63) is 65.7 Å². The lowest BCUT2D eigenvalue weighted by molar-refractivity contribution is 0.354. The zero-order valence-electron chi connectivity index (χ0n) is 12.5. The molecule has 0 atom stereocenters. The standard InChI is InChI=1S/C18H21NO2/c1-20-17-11-10-16(13-18(17)21-2)14-19-12-6-9-15-7-4-3-5-8-15/h3-11,13,19H,12,14H2,1-2H3/b9-6+. The molecular formula is C18H21NO2. The highest BCUT2D eigenvalue weighted by atomic mass is 16.5. The van der Waals surface area contributed by atoms with Crippen molar-refractivity contribution in [1.29, 1.82) is 0 Å². The van der Waals surface area contributed by atoms with Crippen LogP contribution in [0.5, 0.6) is 11.5 Å². The van der Waals surface area contributed by atoms with Crippen molar-refractivity contribution in [3.63, 3.8) is 0 Å². The van der Waals surface area contributed by atoms with Gasteiger partial charge in [-0.05, 0) is 23.3 Å². The van der Waals surface area contributed by atoms with Gasteiger partial charge in [0, 0.05) is 13.1 Å². The van der Waals surface area contributed by atoms with Crippen LogP contribution in [0.1, 0.15) is 11.1 Å². The normalized spacial score (nSPS) is 10.8. The van der Waals surface area contributed by atoms with Gasteiger partial charge in [0.25, 0.3) is 0 Å². The van der Waals surface area contributed by atoms with Crippen molar-refractivity contribution in [2.45, 2.75) is 6.54 Å². The number of methoxy groups -OCH3 is 2. The molecule has 21 heavy (non-hydrogen) atoms. The topological polar surface area (TPSA) is 30.5 Å². The molecule has 0 radical (unpaired) electrons. The molecule has 110 valence electrons. The van der Waals surface area contributed by atoms with Crippen molar-refractivity contribution >= 4 is 6.08 Å². The second-order valence-corrected chi connectivity index (χ2v) is 4.63. The summed E-state index contributed by atoms with van der Waals surface area (Å²) >= 11 is 0. The molecule has 0 aliphatic carbocycles. The largest absolute Gasteiger partial charge is 0.493 e. The number of hydrogen-bond donors (Lipinski definition) is 1. The van der Waals surface area contributed by atoms with E-state index in [-0.39, 0.29) is 0 Å². The van der Waals surface area contributed by atoms with Gasteiger partial charge in [-0.15, -0.1) is 0 Å². The molecule has 0 spiro atoms. The van der Waals surface area contributed by atoms with E-state index in [1.54, 1.807) is 14.2 Å². The Bertz CT molecular complexity index is 579. The van der Waals surface area contributed by atoms with Gasteiger partial charge in [-0.2, -0.15) is 0 Å². The molecule has 0 aliphatic rings. The smallest absolute Gasteiger partial charge is 0.161 e. The van der Waals surface area contributed by atoms with Crippen LogP contribution >= 0.6 is 0 Å². The van der Waals surface area contributed by atoms with E-state index in [4.69, 9.17) is 9.47 Å². The van der Waals surface area contributed by atoms with Crippen molar-refractivity contribution < 1.29 is 9.47 Å². The van der Waals surface area contributed by atoms with E-state index < -0.39 is 0 Å². The molecule has 3 nitrogen and oxygen atoms in total. The van der Waals surface area contributed by atoms with Crippen molar-refractivity contribution in [2.75, 3.05) is 20.8 Å². The summed E-state index contributed by atoms with van der Waals surface area (Å²) in [5, 5.41) is 3.38. The molecule has 0 bridgehead atoms. The molecule has 0 amide bonds. The average Bonchev–Trinajstić information content (AvgIpc) is 2.55. The quantitative estimate of drug-likeness (QED) is 0.789. The first-order valence-corrected chi connectivity index (χ1v) is 6.96. The van der Waals surface area contributed by atoms with Crippen LogP contribution in [0.25, 0.3) is 6.08 Å². The van der Waals surface area contributed by atoms with Crippen LogP contribution < -0.4 is 14.8 Å². The predicted molar refractivity (Wildman–Crippen MR) is 86.7 cm³/mol. The fourth-order valence-electron chi connectivity index (χ4n) is 2.05. The maximum atomic E-state index is 5.30. The van der Waals surface area contributed by atoms with Crippen LogP contribution in [0.2, 0.25) is 0 Å². The Morgan fingerprint density at radius 3 is 2.43 bits per heavy atom. The monoisotopic (exact) mass is 283 g/mol. The van der Waals surface area contributed by atoms with E-state index >= 15 is 0 Å². The molecule has 2 aromatic carbocycles. The lowest BCUT2D eigenvalue weighted by atomic mass is 10.2. The highest BCUT2D eigenvalue weighted by molar-refractivity contribution is 5.48. The van der Waals surface area contributed by atoms with Gasteiger partial charge in [-0.25, -0.2) is 0 Å². The van der Waals surface area contributed by atoms with Crippen LogP contribution in [0.15, 0.2) is 54.6 Å². The third kappa shape index (κ3) is 4.65. The third-order valence-corrected chi connectivity index (χ3v) is 3.15. The lowest BCUT2D eigenvalue weighted by Gasteiger charge is -2.09. The Morgan fingerprint density at radius 2 is 1.71 bits per heavy atom. The van der Waals surface area contributed by atoms with Crippen LogP contribution in [-0.4, -0.2) is 20.8 Å². The molecular weight excluding hydrogens is 262 g/mol. The minimum Gasteiger partial charge on any atom is -0.493 e. The molecule has 2 aromatic rings. The Balaban J connectivity index is 1.82. The summed E-state index contributed by atoms with van der Waals surface area (Å²) < 4.78 is 10.5. The molecule has 0 aromatic heterocycles. The Kier molecular flexibility index (Phi) is 5.85. The Labute approximate surface area is 126 Å². The number of benzene rings is 2. The van der Waals surface area contributed by atoms with Gasteiger partial charge >= 0.3 is 0 Å². The fourth-order valence-corrected chi connectivity index (χ4v) is 2.05. The molecule has 0 aliphatic heterocycles. The minimum atomic E-state index is 0.755. The lowest BCUT2D eigenvalue weighted by Crippen LogP contribution is -2.12. The molecule has 0 fully saturated rings. The molecule has 0 unspecified atom stereocenters. The number of ether oxygens (including phenoxy) is 2. The third-order valence-electron chi connectivity index (χ3n) is 3.15. The van der Waals surface area contributed by atoms with Gasteiger partial charge in [0.2, 0.25) is 0 Å². The van der Waals surface area contributed by atoms with Gasteiger partial charge in [0.05, 0.1) is 14.2 Å². The second-order valence-electron chi connectivity index (χ2n) is 4.63. The number of hydrogen-bond acceptors (Lipinski definition) is 3. The Hall–Kier alpha value is -2.26. The van der Waals surface area contributed by atoms with Crippen molar-refractivity contribution in [1.82, 2.24) is 5.32 Å². The molecule has 0 heterocycles. The van der Waals surface area contributed by atoms with Crippen molar-refractivity contribution in [3.8, 4) is 11.5 Å². The maximum absolute atomic E-state index is 5.30. The summed E-state index contributed by atoms with van der Waals surface area (Å²) in [5.74, 6) is 1.52. The highest BCUT2D eigenvalue weighted by Crippen LogP contribution is 2.27. The summed E-state index contributed by atoms with van der Waals surface area (Å²) in [6.45, 7) is 1.61. The van der Waals surface area contributed by atoms with Crippen LogP contribution in [0, 0.1) is 0 Å². The van der Waals surface area contributed by atoms with E-state index in [0.717, 1.165) is 24.6 Å². The van der Waals surface area contributed by atoms with Crippen LogP contribution in [-0.2, 0) is 6.54 Å². The summed E-state index contributed by atoms with van der Waals surface area (Å²) in [6, 6.07) is 16.2. The molecule has 0 saturated heterocycles. The second kappa shape index (κ2) is 8.12. The van der Waals surface area contributed by atoms with Gasteiger partial charge in [-0.3, -0.25) is 0 Å². The van der Waals surface area contributed by atoms with Crippen LogP contribution in [0.3, 0.4) is 0 Å². The molecule has 3 heteroatoms. The van der Waals surface area contributed by atoms with E-state index in [0.29, 0.717) is 0 Å². The first kappa shape index (κ1) is 15.1. The zero-order chi connectivity index (χ0) is 14.9. The number of nitrogens with one attached hydrogen (secondary N) is 1. The summed E-state index contributed by atoms with van der Waals surface area (Å²) in [7, 11) is 3.29. The van der Waals surface area contributed by atoms with E-state index in [1.165, 1.54) is 11.1 Å². The van der Waals surface area contributed by atoms with Gasteiger partial charge in [0.1, 0.15) is 0 Å². The fraction of sp³-hybridized carbons (Fsp3) is 0.222. The first-order valence-electron chi connectivity index (χ1n) is 6.96. The SMILES string of the molecule is COc1ccc(CNC/C=C/c2ccccc2)cc1OC. The zero-order valence-corrected chi connectivity index (χ0v) is 12.5. The molecule has 1 N–H and O–H groups in total. The molecule has 0 saturated carbocycles. The van der Waals surface area contributed by atoms with Crippen LogP contribution in [0.4, 0.5) is 0 Å². The summed E-state index contributed by atoms with van der Waals surface area (Å²) in [6.07, 6.45) is 4.23. The molecule has 2 rings (SSSR count). The van der Waals surface area contributed by atoms with E-state index in [2.05, 4.69) is 29.6 Å². The summed E-state index contributed by atoms with van der Waals surface area (Å²) in [5.41, 5.74) is 2.38. The van der Waals surface area contributed by atoms with Crippen molar-refractivity contribution in [2.24, 2.45) is 0 Å². The number of rotatable bonds is 7. The summed E-state index contributed by atoms with van der Waals surface area (Å²) in [4.78, 5) is 0. The van der Waals surface area contributed by atoms with Gasteiger partial charge in [0.15, 0.2) is 11.5 Å².